The zero-order valence-electron chi connectivity index (χ0n) is 24.7. The van der Waals surface area contributed by atoms with Crippen molar-refractivity contribution in [1.29, 1.82) is 0 Å². The molecule has 0 bridgehead atoms. The lowest BCUT2D eigenvalue weighted by molar-refractivity contribution is -0.140. The van der Waals surface area contributed by atoms with E-state index < -0.39 is 28.5 Å². The maximum absolute atomic E-state index is 14.2. The van der Waals surface area contributed by atoms with E-state index in [9.17, 15) is 18.0 Å². The monoisotopic (exact) mass is 631 g/mol. The van der Waals surface area contributed by atoms with Crippen LogP contribution in [0.25, 0.3) is 0 Å². The highest BCUT2D eigenvalue weighted by Crippen LogP contribution is 2.28. The van der Waals surface area contributed by atoms with Crippen LogP contribution in [0.1, 0.15) is 56.7 Å². The molecule has 0 aliphatic rings. The molecule has 0 saturated carbocycles. The van der Waals surface area contributed by atoms with Crippen LogP contribution in [-0.2, 0) is 32.6 Å². The van der Waals surface area contributed by atoms with Gasteiger partial charge in [0.2, 0.25) is 21.8 Å². The van der Waals surface area contributed by atoms with E-state index in [-0.39, 0.29) is 30.8 Å². The second kappa shape index (κ2) is 14.9. The summed E-state index contributed by atoms with van der Waals surface area (Å²) in [7, 11) is -3.86. The number of amides is 2. The number of nitrogens with zero attached hydrogens (tertiary/aromatic N) is 2. The van der Waals surface area contributed by atoms with Gasteiger partial charge in [-0.05, 0) is 54.7 Å². The fraction of sp³-hybridized carbons (Fsp3) is 0.375. The second-order valence-electron chi connectivity index (χ2n) is 10.8. The number of hydrogen-bond acceptors (Lipinski definition) is 4. The third-order valence-corrected chi connectivity index (χ3v) is 9.04. The lowest BCUT2D eigenvalue weighted by atomic mass is 10.0. The van der Waals surface area contributed by atoms with Crippen LogP contribution in [-0.4, -0.2) is 50.0 Å². The quantitative estimate of drug-likeness (QED) is 0.235. The van der Waals surface area contributed by atoms with E-state index in [0.29, 0.717) is 27.7 Å². The zero-order chi connectivity index (χ0) is 31.0. The van der Waals surface area contributed by atoms with Gasteiger partial charge in [-0.2, -0.15) is 0 Å². The Morgan fingerprint density at radius 1 is 0.881 bits per heavy atom. The van der Waals surface area contributed by atoms with Crippen LogP contribution in [0.3, 0.4) is 0 Å². The van der Waals surface area contributed by atoms with Crippen molar-refractivity contribution in [3.8, 4) is 0 Å². The van der Waals surface area contributed by atoms with E-state index >= 15 is 0 Å². The fourth-order valence-corrected chi connectivity index (χ4v) is 5.85. The summed E-state index contributed by atoms with van der Waals surface area (Å²) < 4.78 is 27.0. The molecule has 0 heterocycles. The molecule has 2 unspecified atom stereocenters. The molecule has 10 heteroatoms. The molecule has 0 fully saturated rings. The van der Waals surface area contributed by atoms with Crippen LogP contribution in [0.4, 0.5) is 5.69 Å². The maximum Gasteiger partial charge on any atom is 0.244 e. The summed E-state index contributed by atoms with van der Waals surface area (Å²) in [6.45, 7) is 7.33. The first-order chi connectivity index (χ1) is 19.8. The molecule has 0 aliphatic carbocycles. The zero-order valence-corrected chi connectivity index (χ0v) is 27.0. The molecular formula is C32H39Cl2N3O4S. The number of nitrogens with one attached hydrogen (secondary N) is 1. The van der Waals surface area contributed by atoms with Crippen molar-refractivity contribution in [3.05, 3.63) is 99.5 Å². The fourth-order valence-electron chi connectivity index (χ4n) is 4.49. The van der Waals surface area contributed by atoms with E-state index in [1.807, 2.05) is 70.2 Å². The van der Waals surface area contributed by atoms with E-state index in [1.54, 1.807) is 30.3 Å². The molecule has 0 saturated heterocycles. The number of benzene rings is 3. The van der Waals surface area contributed by atoms with Crippen molar-refractivity contribution in [1.82, 2.24) is 10.2 Å². The largest absolute Gasteiger partial charge is 0.352 e. The lowest BCUT2D eigenvalue weighted by Gasteiger charge is -2.34. The predicted molar refractivity (Wildman–Crippen MR) is 172 cm³/mol. The van der Waals surface area contributed by atoms with Gasteiger partial charge in [0.05, 0.1) is 11.9 Å². The highest BCUT2D eigenvalue weighted by atomic mass is 35.5. The molecule has 2 amide bonds. The Hall–Kier alpha value is -3.07. The smallest absolute Gasteiger partial charge is 0.244 e. The summed E-state index contributed by atoms with van der Waals surface area (Å²) in [4.78, 5) is 29.4. The van der Waals surface area contributed by atoms with Gasteiger partial charge in [0.15, 0.2) is 0 Å². The summed E-state index contributed by atoms with van der Waals surface area (Å²) in [5.41, 5.74) is 2.71. The molecule has 2 atom stereocenters. The van der Waals surface area contributed by atoms with Crippen LogP contribution < -0.4 is 9.62 Å². The van der Waals surface area contributed by atoms with Gasteiger partial charge in [0, 0.05) is 34.6 Å². The standard InChI is InChI=1S/C32H39Cl2N3O4S/c1-6-23(4)35-32(39)30(19-24-11-8-7-9-12-24)36(20-27-28(33)13-10-14-29(27)34)31(38)21-37(42(5,40)41)26-17-15-25(16-18-26)22(2)3/h7-18,22-23,30H,6,19-21H2,1-5H3,(H,35,39). The van der Waals surface area contributed by atoms with Crippen molar-refractivity contribution in [3.63, 3.8) is 0 Å². The average molecular weight is 633 g/mol. The number of sulfonamides is 1. The van der Waals surface area contributed by atoms with Crippen molar-refractivity contribution < 1.29 is 18.0 Å². The van der Waals surface area contributed by atoms with Crippen LogP contribution in [0.2, 0.25) is 10.0 Å². The molecule has 3 rings (SSSR count). The minimum Gasteiger partial charge on any atom is -0.352 e. The number of hydrogen-bond donors (Lipinski definition) is 1. The van der Waals surface area contributed by atoms with Crippen molar-refractivity contribution >= 4 is 50.7 Å². The van der Waals surface area contributed by atoms with Gasteiger partial charge in [-0.3, -0.25) is 13.9 Å². The summed E-state index contributed by atoms with van der Waals surface area (Å²) >= 11 is 13.0. The third-order valence-electron chi connectivity index (χ3n) is 7.19. The molecule has 0 aromatic heterocycles. The summed E-state index contributed by atoms with van der Waals surface area (Å²) in [6, 6.07) is 20.4. The number of anilines is 1. The van der Waals surface area contributed by atoms with Crippen molar-refractivity contribution in [2.24, 2.45) is 0 Å². The summed E-state index contributed by atoms with van der Waals surface area (Å²) in [6.07, 6.45) is 1.96. The van der Waals surface area contributed by atoms with E-state index in [0.717, 1.165) is 21.7 Å². The molecule has 3 aromatic rings. The number of carbonyl (C=O) groups is 2. The van der Waals surface area contributed by atoms with Crippen LogP contribution >= 0.6 is 23.2 Å². The van der Waals surface area contributed by atoms with E-state index in [4.69, 9.17) is 23.2 Å². The highest BCUT2D eigenvalue weighted by molar-refractivity contribution is 7.92. The highest BCUT2D eigenvalue weighted by Gasteiger charge is 2.34. The Bertz CT molecular complexity index is 1440. The normalized spacial score (nSPS) is 13.0. The molecule has 226 valence electrons. The first kappa shape index (κ1) is 33.4. The Kier molecular flexibility index (Phi) is 11.9. The Morgan fingerprint density at radius 2 is 1.48 bits per heavy atom. The Labute approximate surface area is 259 Å². The molecule has 0 aliphatic heterocycles. The SMILES string of the molecule is CCC(C)NC(=O)C(Cc1ccccc1)N(Cc1c(Cl)cccc1Cl)C(=O)CN(c1ccc(C(C)C)cc1)S(C)(=O)=O. The summed E-state index contributed by atoms with van der Waals surface area (Å²) in [5, 5.41) is 3.68. The van der Waals surface area contributed by atoms with Crippen LogP contribution in [0.15, 0.2) is 72.8 Å². The van der Waals surface area contributed by atoms with Crippen molar-refractivity contribution in [2.75, 3.05) is 17.1 Å². The minimum absolute atomic E-state index is 0.0906. The minimum atomic E-state index is -3.86. The second-order valence-corrected chi connectivity index (χ2v) is 13.5. The summed E-state index contributed by atoms with van der Waals surface area (Å²) in [5.74, 6) is -0.660. The Morgan fingerprint density at radius 3 is 2.00 bits per heavy atom. The average Bonchev–Trinajstić information content (AvgIpc) is 2.94. The molecule has 3 aromatic carbocycles. The lowest BCUT2D eigenvalue weighted by Crippen LogP contribution is -2.54. The molecule has 0 radical (unpaired) electrons. The van der Waals surface area contributed by atoms with Crippen LogP contribution in [0.5, 0.6) is 0 Å². The first-order valence-electron chi connectivity index (χ1n) is 14.0. The predicted octanol–water partition coefficient (Wildman–Crippen LogP) is 6.44. The molecule has 1 N–H and O–H groups in total. The molecule has 42 heavy (non-hydrogen) atoms. The first-order valence-corrected chi connectivity index (χ1v) is 16.6. The number of rotatable bonds is 13. The molecule has 7 nitrogen and oxygen atoms in total. The topological polar surface area (TPSA) is 86.8 Å². The number of carbonyl (C=O) groups excluding carboxylic acids is 2. The van der Waals surface area contributed by atoms with Crippen molar-refractivity contribution in [2.45, 2.75) is 65.1 Å². The van der Waals surface area contributed by atoms with Gasteiger partial charge < -0.3 is 10.2 Å². The van der Waals surface area contributed by atoms with Crippen LogP contribution in [0, 0.1) is 0 Å². The molecular weight excluding hydrogens is 593 g/mol. The van der Waals surface area contributed by atoms with Gasteiger partial charge in [0.1, 0.15) is 12.6 Å². The van der Waals surface area contributed by atoms with E-state index in [1.165, 1.54) is 4.90 Å². The van der Waals surface area contributed by atoms with E-state index in [2.05, 4.69) is 5.32 Å². The van der Waals surface area contributed by atoms with Gasteiger partial charge in [-0.1, -0.05) is 92.5 Å². The maximum atomic E-state index is 14.2. The van der Waals surface area contributed by atoms with Gasteiger partial charge in [0.25, 0.3) is 0 Å². The molecule has 0 spiro atoms. The Balaban J connectivity index is 2.10. The van der Waals surface area contributed by atoms with Gasteiger partial charge in [-0.15, -0.1) is 0 Å². The van der Waals surface area contributed by atoms with Gasteiger partial charge >= 0.3 is 0 Å². The van der Waals surface area contributed by atoms with Gasteiger partial charge in [-0.25, -0.2) is 8.42 Å². The third kappa shape index (κ3) is 8.96. The number of halogens is 2.